The van der Waals surface area contributed by atoms with Crippen LogP contribution in [0.4, 0.5) is 23.2 Å². The fourth-order valence-electron chi connectivity index (χ4n) is 4.96. The van der Waals surface area contributed by atoms with E-state index in [-0.39, 0.29) is 23.7 Å². The number of piperidine rings is 1. The van der Waals surface area contributed by atoms with Crippen LogP contribution in [0.25, 0.3) is 10.9 Å². The van der Waals surface area contributed by atoms with Gasteiger partial charge in [0.2, 0.25) is 0 Å². The lowest BCUT2D eigenvalue weighted by atomic mass is 9.74. The first-order valence-electron chi connectivity index (χ1n) is 12.2. The average molecular weight is 540 g/mol. The molecular formula is C27H30ClF4N3O2. The maximum Gasteiger partial charge on any atom is 0.182 e. The first-order chi connectivity index (χ1) is 17.7. The van der Waals surface area contributed by atoms with Crippen molar-refractivity contribution in [2.45, 2.75) is 31.9 Å². The number of rotatable bonds is 10. The van der Waals surface area contributed by atoms with Crippen LogP contribution in [0.2, 0.25) is 5.02 Å². The number of pyridine rings is 1. The van der Waals surface area contributed by atoms with E-state index in [0.29, 0.717) is 73.7 Å². The predicted molar refractivity (Wildman–Crippen MR) is 136 cm³/mol. The number of nitrogens with one attached hydrogen (secondary N) is 1. The van der Waals surface area contributed by atoms with E-state index >= 15 is 4.39 Å². The van der Waals surface area contributed by atoms with E-state index in [4.69, 9.17) is 16.3 Å². The second kappa shape index (κ2) is 11.8. The maximum atomic E-state index is 15.6. The number of aromatic nitrogens is 1. The minimum atomic E-state index is -1.34. The first kappa shape index (κ1) is 27.4. The molecule has 2 N–H and O–H groups in total. The first-order valence-corrected chi connectivity index (χ1v) is 12.6. The number of methoxy groups -OCH3 is 1. The van der Waals surface area contributed by atoms with Gasteiger partial charge in [0.1, 0.15) is 17.7 Å². The number of aliphatic hydroxyl groups excluding tert-OH is 1. The van der Waals surface area contributed by atoms with Crippen LogP contribution in [0.3, 0.4) is 0 Å². The van der Waals surface area contributed by atoms with Crippen LogP contribution in [0.5, 0.6) is 5.75 Å². The fraction of sp³-hybridized carbons (Fsp3) is 0.444. The molecule has 5 nitrogen and oxygen atoms in total. The highest BCUT2D eigenvalue weighted by molar-refractivity contribution is 6.32. The standard InChI is InChI=1S/C27H30ClF4N3O2/c1-37-18-2-3-23-19(14-18)25(20(28)15-34-23)21(30)4-5-27(16-36)6-9-35(10-7-27)11-8-33-24-13-17(29)12-22(31)26(24)32/h2-3,12-15,21,33,36H,4-11,16H2,1H3/t21-/m0/s1. The molecule has 0 spiro atoms. The van der Waals surface area contributed by atoms with E-state index in [1.165, 1.54) is 6.20 Å². The van der Waals surface area contributed by atoms with Gasteiger partial charge in [-0.1, -0.05) is 11.6 Å². The highest BCUT2D eigenvalue weighted by Gasteiger charge is 2.35. The number of ether oxygens (including phenoxy) is 1. The molecule has 10 heteroatoms. The van der Waals surface area contributed by atoms with Gasteiger partial charge < -0.3 is 20.1 Å². The molecular weight excluding hydrogens is 510 g/mol. The Morgan fingerprint density at radius 3 is 2.65 bits per heavy atom. The van der Waals surface area contributed by atoms with Crippen molar-refractivity contribution in [2.24, 2.45) is 5.41 Å². The summed E-state index contributed by atoms with van der Waals surface area (Å²) in [4.78, 5) is 6.41. The number of anilines is 1. The van der Waals surface area contributed by atoms with Crippen LogP contribution < -0.4 is 10.1 Å². The quantitative estimate of drug-likeness (QED) is 0.234. The van der Waals surface area contributed by atoms with Crippen molar-refractivity contribution >= 4 is 28.2 Å². The van der Waals surface area contributed by atoms with Gasteiger partial charge in [0.15, 0.2) is 11.6 Å². The molecule has 200 valence electrons. The van der Waals surface area contributed by atoms with Gasteiger partial charge in [-0.25, -0.2) is 17.6 Å². The van der Waals surface area contributed by atoms with Gasteiger partial charge >= 0.3 is 0 Å². The second-order valence-electron chi connectivity index (χ2n) is 9.58. The van der Waals surface area contributed by atoms with Gasteiger partial charge in [0.25, 0.3) is 0 Å². The zero-order valence-electron chi connectivity index (χ0n) is 20.5. The number of hydrogen-bond donors (Lipinski definition) is 2. The fourth-order valence-corrected chi connectivity index (χ4v) is 5.23. The smallest absolute Gasteiger partial charge is 0.182 e. The summed E-state index contributed by atoms with van der Waals surface area (Å²) < 4.78 is 61.4. The van der Waals surface area contributed by atoms with E-state index in [1.54, 1.807) is 25.3 Å². The van der Waals surface area contributed by atoms with Gasteiger partial charge in [0.05, 0.1) is 23.3 Å². The third-order valence-electron chi connectivity index (χ3n) is 7.30. The summed E-state index contributed by atoms with van der Waals surface area (Å²) in [5, 5.41) is 13.8. The third-order valence-corrected chi connectivity index (χ3v) is 7.60. The van der Waals surface area contributed by atoms with Crippen LogP contribution >= 0.6 is 11.6 Å². The topological polar surface area (TPSA) is 57.6 Å². The van der Waals surface area contributed by atoms with E-state index in [2.05, 4.69) is 15.2 Å². The average Bonchev–Trinajstić information content (AvgIpc) is 2.90. The number of likely N-dealkylation sites (tertiary alicyclic amines) is 1. The molecule has 1 saturated heterocycles. The van der Waals surface area contributed by atoms with Crippen molar-refractivity contribution in [3.8, 4) is 5.75 Å². The Bertz CT molecular complexity index is 1240. The van der Waals surface area contributed by atoms with Crippen LogP contribution in [0, 0.1) is 22.9 Å². The number of halogens is 5. The molecule has 0 aliphatic carbocycles. The zero-order valence-corrected chi connectivity index (χ0v) is 21.3. The lowest BCUT2D eigenvalue weighted by Gasteiger charge is -2.41. The van der Waals surface area contributed by atoms with Crippen LogP contribution in [-0.2, 0) is 0 Å². The van der Waals surface area contributed by atoms with Gasteiger partial charge in [-0.15, -0.1) is 0 Å². The number of aliphatic hydroxyl groups is 1. The summed E-state index contributed by atoms with van der Waals surface area (Å²) >= 11 is 6.35. The van der Waals surface area contributed by atoms with Gasteiger partial charge in [0, 0.05) is 49.0 Å². The number of hydrogen-bond acceptors (Lipinski definition) is 5. The SMILES string of the molecule is COc1ccc2ncc(Cl)c([C@@H](F)CCC3(CO)CCN(CCNc4cc(F)cc(F)c4F)CC3)c2c1. The van der Waals surface area contributed by atoms with Crippen molar-refractivity contribution in [3.63, 3.8) is 0 Å². The van der Waals surface area contributed by atoms with E-state index < -0.39 is 29.0 Å². The van der Waals surface area contributed by atoms with Crippen LogP contribution in [-0.4, -0.2) is 54.9 Å². The van der Waals surface area contributed by atoms with Crippen LogP contribution in [0.15, 0.2) is 36.5 Å². The molecule has 0 bridgehead atoms. The Hall–Kier alpha value is -2.62. The van der Waals surface area contributed by atoms with Gasteiger partial charge in [-0.05, 0) is 62.4 Å². The minimum absolute atomic E-state index is 0.0573. The molecule has 0 unspecified atom stereocenters. The van der Waals surface area contributed by atoms with Crippen molar-refractivity contribution in [3.05, 3.63) is 64.6 Å². The second-order valence-corrected chi connectivity index (χ2v) is 9.99. The predicted octanol–water partition coefficient (Wildman–Crippen LogP) is 6.29. The number of fused-ring (bicyclic) bond motifs is 1. The molecule has 3 aromatic rings. The Morgan fingerprint density at radius 2 is 1.95 bits per heavy atom. The largest absolute Gasteiger partial charge is 0.497 e. The highest BCUT2D eigenvalue weighted by Crippen LogP contribution is 2.41. The van der Waals surface area contributed by atoms with Crippen LogP contribution in [0.1, 0.15) is 37.4 Å². The van der Waals surface area contributed by atoms with Gasteiger partial charge in [-0.3, -0.25) is 4.98 Å². The summed E-state index contributed by atoms with van der Waals surface area (Å²) in [6.45, 7) is 2.10. The van der Waals surface area contributed by atoms with E-state index in [0.717, 1.165) is 6.07 Å². The van der Waals surface area contributed by atoms with Crippen molar-refractivity contribution in [1.29, 1.82) is 0 Å². The van der Waals surface area contributed by atoms with Gasteiger partial charge in [-0.2, -0.15) is 0 Å². The normalized spacial score (nSPS) is 16.6. The lowest BCUT2D eigenvalue weighted by molar-refractivity contribution is 0.0315. The summed E-state index contributed by atoms with van der Waals surface area (Å²) in [5.74, 6) is -2.61. The van der Waals surface area contributed by atoms with Crippen molar-refractivity contribution in [1.82, 2.24) is 9.88 Å². The Balaban J connectivity index is 1.33. The number of benzene rings is 2. The molecule has 4 rings (SSSR count). The highest BCUT2D eigenvalue weighted by atomic mass is 35.5. The number of alkyl halides is 1. The van der Waals surface area contributed by atoms with Crippen molar-refractivity contribution < 1.29 is 27.4 Å². The number of nitrogens with zero attached hydrogens (tertiary/aromatic N) is 2. The molecule has 37 heavy (non-hydrogen) atoms. The molecule has 0 amide bonds. The minimum Gasteiger partial charge on any atom is -0.497 e. The van der Waals surface area contributed by atoms with Crippen molar-refractivity contribution in [2.75, 3.05) is 45.2 Å². The molecule has 1 aromatic heterocycles. The summed E-state index contributed by atoms with van der Waals surface area (Å²) in [6, 6.07) is 6.68. The molecule has 1 atom stereocenters. The lowest BCUT2D eigenvalue weighted by Crippen LogP contribution is -2.43. The molecule has 2 aromatic carbocycles. The maximum absolute atomic E-state index is 15.6. The summed E-state index contributed by atoms with van der Waals surface area (Å²) in [6.07, 6.45) is 2.13. The molecule has 0 radical (unpaired) electrons. The monoisotopic (exact) mass is 539 g/mol. The Morgan fingerprint density at radius 1 is 1.19 bits per heavy atom. The summed E-state index contributed by atoms with van der Waals surface area (Å²) in [7, 11) is 1.54. The zero-order chi connectivity index (χ0) is 26.6. The van der Waals surface area contributed by atoms with E-state index in [1.807, 2.05) is 0 Å². The molecule has 1 aliphatic rings. The molecule has 1 aliphatic heterocycles. The molecule has 0 saturated carbocycles. The van der Waals surface area contributed by atoms with E-state index in [9.17, 15) is 18.3 Å². The summed E-state index contributed by atoms with van der Waals surface area (Å²) in [5.41, 5.74) is 0.373. The molecule has 2 heterocycles. The Labute approximate surface area is 218 Å². The molecule has 1 fully saturated rings. The Kier molecular flexibility index (Phi) is 8.77. The third kappa shape index (κ3) is 6.27.